The molecule has 2 heteroatoms. The first kappa shape index (κ1) is 12.3. The van der Waals surface area contributed by atoms with Crippen LogP contribution in [-0.4, -0.2) is 6.29 Å². The van der Waals surface area contributed by atoms with Crippen LogP contribution in [0.15, 0.2) is 18.2 Å². The third-order valence-corrected chi connectivity index (χ3v) is 4.01. The van der Waals surface area contributed by atoms with Crippen LogP contribution in [0.5, 0.6) is 0 Å². The minimum absolute atomic E-state index is 0.197. The number of hydrogen-bond donors (Lipinski definition) is 0. The second-order valence-corrected chi connectivity index (χ2v) is 4.96. The zero-order chi connectivity index (χ0) is 12.3. The van der Waals surface area contributed by atoms with Gasteiger partial charge in [-0.05, 0) is 42.4 Å². The summed E-state index contributed by atoms with van der Waals surface area (Å²) in [6.07, 6.45) is 6.75. The molecule has 92 valence electrons. The molecule has 0 bridgehead atoms. The van der Waals surface area contributed by atoms with Crippen LogP contribution in [0.2, 0.25) is 0 Å². The molecule has 2 rings (SSSR count). The fraction of sp³-hybridized carbons (Fsp3) is 0.533. The number of hydrogen-bond acceptors (Lipinski definition) is 1. The molecule has 0 spiro atoms. The molecule has 2 atom stereocenters. The molecule has 1 aromatic rings. The number of carbonyl (C=O) groups excluding carboxylic acids is 1. The second kappa shape index (κ2) is 5.44. The Hall–Kier alpha value is -1.18. The maximum absolute atomic E-state index is 13.3. The molecule has 0 radical (unpaired) electrons. The van der Waals surface area contributed by atoms with Crippen LogP contribution in [0.4, 0.5) is 4.39 Å². The van der Waals surface area contributed by atoms with Gasteiger partial charge in [0.2, 0.25) is 0 Å². The summed E-state index contributed by atoms with van der Waals surface area (Å²) in [4.78, 5) is 10.8. The summed E-state index contributed by atoms with van der Waals surface area (Å²) in [7, 11) is 0. The lowest BCUT2D eigenvalue weighted by Crippen LogP contribution is -2.17. The fourth-order valence-corrected chi connectivity index (χ4v) is 3.02. The van der Waals surface area contributed by atoms with Gasteiger partial charge < -0.3 is 0 Å². The first-order valence-corrected chi connectivity index (χ1v) is 6.51. The van der Waals surface area contributed by atoms with Gasteiger partial charge in [0, 0.05) is 0 Å². The molecule has 1 saturated carbocycles. The number of rotatable bonds is 3. The van der Waals surface area contributed by atoms with E-state index in [0.717, 1.165) is 5.56 Å². The van der Waals surface area contributed by atoms with Gasteiger partial charge in [0.25, 0.3) is 0 Å². The lowest BCUT2D eigenvalue weighted by Gasteiger charge is -2.31. The third kappa shape index (κ3) is 2.56. The highest BCUT2D eigenvalue weighted by Gasteiger charge is 2.25. The number of benzene rings is 1. The van der Waals surface area contributed by atoms with Crippen molar-refractivity contribution in [1.29, 1.82) is 0 Å². The topological polar surface area (TPSA) is 17.1 Å². The third-order valence-electron chi connectivity index (χ3n) is 4.01. The highest BCUT2D eigenvalue weighted by Crippen LogP contribution is 2.39. The van der Waals surface area contributed by atoms with Crippen molar-refractivity contribution in [2.24, 2.45) is 5.92 Å². The zero-order valence-electron chi connectivity index (χ0n) is 10.3. The number of aldehydes is 1. The highest BCUT2D eigenvalue weighted by atomic mass is 19.1. The van der Waals surface area contributed by atoms with Crippen molar-refractivity contribution in [3.63, 3.8) is 0 Å². The summed E-state index contributed by atoms with van der Waals surface area (Å²) in [6.45, 7) is 2.22. The molecule has 0 N–H and O–H groups in total. The summed E-state index contributed by atoms with van der Waals surface area (Å²) in [5.74, 6) is 0.786. The van der Waals surface area contributed by atoms with E-state index < -0.39 is 5.82 Å². The Morgan fingerprint density at radius 3 is 2.82 bits per heavy atom. The number of carbonyl (C=O) groups is 1. The molecule has 0 amide bonds. The SMILES string of the molecule is CC[C@@H]1CCCC[C@H]1c1ccc(F)c(C=O)c1. The summed E-state index contributed by atoms with van der Waals surface area (Å²) >= 11 is 0. The summed E-state index contributed by atoms with van der Waals surface area (Å²) in [5.41, 5.74) is 1.34. The summed E-state index contributed by atoms with van der Waals surface area (Å²) in [5, 5.41) is 0. The lowest BCUT2D eigenvalue weighted by atomic mass is 9.74. The Morgan fingerprint density at radius 2 is 2.12 bits per heavy atom. The van der Waals surface area contributed by atoms with E-state index in [9.17, 15) is 9.18 Å². The van der Waals surface area contributed by atoms with Gasteiger partial charge in [-0.15, -0.1) is 0 Å². The van der Waals surface area contributed by atoms with Gasteiger partial charge in [0.05, 0.1) is 5.56 Å². The van der Waals surface area contributed by atoms with E-state index in [1.165, 1.54) is 38.2 Å². The molecule has 1 nitrogen and oxygen atoms in total. The van der Waals surface area contributed by atoms with Gasteiger partial charge >= 0.3 is 0 Å². The molecular formula is C15H19FO. The van der Waals surface area contributed by atoms with E-state index in [-0.39, 0.29) is 5.56 Å². The van der Waals surface area contributed by atoms with Crippen LogP contribution in [0.3, 0.4) is 0 Å². The van der Waals surface area contributed by atoms with E-state index in [2.05, 4.69) is 6.92 Å². The second-order valence-electron chi connectivity index (χ2n) is 4.96. The van der Waals surface area contributed by atoms with Crippen molar-refractivity contribution in [2.45, 2.75) is 44.9 Å². The van der Waals surface area contributed by atoms with Crippen LogP contribution in [0.25, 0.3) is 0 Å². The molecule has 0 unspecified atom stereocenters. The largest absolute Gasteiger partial charge is 0.298 e. The molecule has 0 heterocycles. The molecule has 17 heavy (non-hydrogen) atoms. The first-order valence-electron chi connectivity index (χ1n) is 6.51. The van der Waals surface area contributed by atoms with Crippen molar-refractivity contribution in [3.05, 3.63) is 35.1 Å². The van der Waals surface area contributed by atoms with Gasteiger partial charge in [0.1, 0.15) is 5.82 Å². The number of halogens is 1. The molecule has 0 aromatic heterocycles. The van der Waals surface area contributed by atoms with Crippen molar-refractivity contribution in [2.75, 3.05) is 0 Å². The minimum Gasteiger partial charge on any atom is -0.298 e. The quantitative estimate of drug-likeness (QED) is 0.712. The average Bonchev–Trinajstić information content (AvgIpc) is 2.39. The molecule has 1 aliphatic rings. The average molecular weight is 234 g/mol. The van der Waals surface area contributed by atoms with Gasteiger partial charge in [0.15, 0.2) is 6.29 Å². The zero-order valence-corrected chi connectivity index (χ0v) is 10.3. The van der Waals surface area contributed by atoms with Gasteiger partial charge in [-0.3, -0.25) is 4.79 Å². The first-order chi connectivity index (χ1) is 8.26. The Morgan fingerprint density at radius 1 is 1.35 bits per heavy atom. The van der Waals surface area contributed by atoms with Crippen LogP contribution in [0, 0.1) is 11.7 Å². The van der Waals surface area contributed by atoms with Crippen LogP contribution < -0.4 is 0 Å². The maximum atomic E-state index is 13.3. The normalized spacial score (nSPS) is 24.6. The molecule has 1 aliphatic carbocycles. The monoisotopic (exact) mass is 234 g/mol. The standard InChI is InChI=1S/C15H19FO/c1-2-11-5-3-4-6-14(11)12-7-8-15(16)13(9-12)10-17/h7-11,14H,2-6H2,1H3/t11-,14-/m1/s1. The molecule has 1 aromatic carbocycles. The van der Waals surface area contributed by atoms with Crippen LogP contribution >= 0.6 is 0 Å². The highest BCUT2D eigenvalue weighted by molar-refractivity contribution is 5.75. The smallest absolute Gasteiger partial charge is 0.153 e. The van der Waals surface area contributed by atoms with Crippen molar-refractivity contribution in [3.8, 4) is 0 Å². The van der Waals surface area contributed by atoms with Crippen molar-refractivity contribution < 1.29 is 9.18 Å². The molecule has 1 fully saturated rings. The predicted octanol–water partition coefficient (Wildman–Crippen LogP) is 4.32. The van der Waals surface area contributed by atoms with E-state index in [1.807, 2.05) is 6.07 Å². The minimum atomic E-state index is -0.410. The van der Waals surface area contributed by atoms with Gasteiger partial charge in [-0.1, -0.05) is 32.3 Å². The molecular weight excluding hydrogens is 215 g/mol. The van der Waals surface area contributed by atoms with E-state index in [0.29, 0.717) is 18.1 Å². The van der Waals surface area contributed by atoms with Crippen molar-refractivity contribution >= 4 is 6.29 Å². The Bertz CT molecular complexity index is 400. The van der Waals surface area contributed by atoms with Crippen LogP contribution in [-0.2, 0) is 0 Å². The Kier molecular flexibility index (Phi) is 3.93. The van der Waals surface area contributed by atoms with Crippen LogP contribution in [0.1, 0.15) is 60.9 Å². The lowest BCUT2D eigenvalue weighted by molar-refractivity contribution is 0.111. The molecule has 0 aliphatic heterocycles. The maximum Gasteiger partial charge on any atom is 0.153 e. The van der Waals surface area contributed by atoms with Crippen molar-refractivity contribution in [1.82, 2.24) is 0 Å². The van der Waals surface area contributed by atoms with Gasteiger partial charge in [-0.2, -0.15) is 0 Å². The fourth-order valence-electron chi connectivity index (χ4n) is 3.02. The Balaban J connectivity index is 2.28. The Labute approximate surface area is 102 Å². The van der Waals surface area contributed by atoms with E-state index in [4.69, 9.17) is 0 Å². The molecule has 0 saturated heterocycles. The predicted molar refractivity (Wildman–Crippen MR) is 66.8 cm³/mol. The summed E-state index contributed by atoms with van der Waals surface area (Å²) < 4.78 is 13.3. The van der Waals surface area contributed by atoms with Gasteiger partial charge in [-0.25, -0.2) is 4.39 Å². The van der Waals surface area contributed by atoms with E-state index >= 15 is 0 Å². The summed E-state index contributed by atoms with van der Waals surface area (Å²) in [6, 6.07) is 5.02. The van der Waals surface area contributed by atoms with E-state index in [1.54, 1.807) is 6.07 Å².